The molecule has 25 heavy (non-hydrogen) atoms. The van der Waals surface area contributed by atoms with Crippen LogP contribution in [-0.4, -0.2) is 11.1 Å². The minimum absolute atomic E-state index is 0.0892. The fraction of sp³-hybridized carbons (Fsp3) is 0.278. The first kappa shape index (κ1) is 17.2. The van der Waals surface area contributed by atoms with Crippen molar-refractivity contribution >= 4 is 28.5 Å². The molecule has 0 fully saturated rings. The van der Waals surface area contributed by atoms with Crippen LogP contribution in [0.1, 0.15) is 39.9 Å². The summed E-state index contributed by atoms with van der Waals surface area (Å²) >= 11 is 6.16. The van der Waals surface area contributed by atoms with E-state index in [0.29, 0.717) is 45.0 Å². The van der Waals surface area contributed by atoms with Gasteiger partial charge in [-0.3, -0.25) is 0 Å². The number of aromatic nitrogens is 1. The van der Waals surface area contributed by atoms with Crippen molar-refractivity contribution in [3.05, 3.63) is 61.8 Å². The van der Waals surface area contributed by atoms with Crippen molar-refractivity contribution in [3.8, 4) is 0 Å². The Kier molecular flexibility index (Phi) is 4.63. The monoisotopic (exact) mass is 361 g/mol. The average molecular weight is 362 g/mol. The Labute approximate surface area is 148 Å². The normalized spacial score (nSPS) is 11.0. The van der Waals surface area contributed by atoms with Crippen LogP contribution < -0.4 is 5.63 Å². The lowest BCUT2D eigenvalue weighted by atomic mass is 10.1. The Balaban J connectivity index is 1.93. The molecule has 6 nitrogen and oxygen atoms in total. The fourth-order valence-corrected chi connectivity index (χ4v) is 2.77. The number of carbonyl (C=O) groups is 1. The molecule has 0 saturated carbocycles. The third kappa shape index (κ3) is 3.30. The number of benzene rings is 1. The molecule has 0 aliphatic carbocycles. The highest BCUT2D eigenvalue weighted by molar-refractivity contribution is 6.32. The van der Waals surface area contributed by atoms with E-state index < -0.39 is 11.6 Å². The van der Waals surface area contributed by atoms with Crippen molar-refractivity contribution in [3.63, 3.8) is 0 Å². The number of rotatable bonds is 4. The van der Waals surface area contributed by atoms with E-state index in [1.54, 1.807) is 19.1 Å². The molecule has 0 atom stereocenters. The van der Waals surface area contributed by atoms with Gasteiger partial charge in [-0.05, 0) is 38.0 Å². The number of carbonyl (C=O) groups excluding carboxylic acids is 1. The number of hydrogen-bond acceptors (Lipinski definition) is 6. The molecule has 2 heterocycles. The highest BCUT2D eigenvalue weighted by atomic mass is 35.5. The third-order valence-electron chi connectivity index (χ3n) is 3.94. The quantitative estimate of drug-likeness (QED) is 0.516. The molecule has 0 unspecified atom stereocenters. The summed E-state index contributed by atoms with van der Waals surface area (Å²) in [5, 5.41) is 5.00. The smallest absolute Gasteiger partial charge is 0.344 e. The summed E-state index contributed by atoms with van der Waals surface area (Å²) in [5.74, 6) is -0.145. The Hall–Kier alpha value is -2.60. The maximum absolute atomic E-state index is 12.4. The van der Waals surface area contributed by atoms with E-state index in [1.807, 2.05) is 13.8 Å². The zero-order valence-electron chi connectivity index (χ0n) is 14.0. The first-order valence-electron chi connectivity index (χ1n) is 7.75. The molecule has 7 heteroatoms. The molecule has 130 valence electrons. The van der Waals surface area contributed by atoms with Gasteiger partial charge < -0.3 is 13.7 Å². The van der Waals surface area contributed by atoms with E-state index in [1.165, 1.54) is 6.07 Å². The van der Waals surface area contributed by atoms with Crippen LogP contribution in [0.3, 0.4) is 0 Å². The summed E-state index contributed by atoms with van der Waals surface area (Å²) < 4.78 is 15.6. The standard InChI is InChI=1S/C18H16ClNO5/c1-4-14-17(10(3)25-20-14)18(22)23-8-11-6-16(21)24-15-5-9(2)13(19)7-12(11)15/h5-7H,4,8H2,1-3H3. The summed E-state index contributed by atoms with van der Waals surface area (Å²) in [5.41, 5.74) is 2.06. The lowest BCUT2D eigenvalue weighted by Crippen LogP contribution is -2.10. The van der Waals surface area contributed by atoms with Gasteiger partial charge >= 0.3 is 11.6 Å². The van der Waals surface area contributed by atoms with E-state index in [9.17, 15) is 9.59 Å². The average Bonchev–Trinajstić information content (AvgIpc) is 2.94. The van der Waals surface area contributed by atoms with E-state index >= 15 is 0 Å². The zero-order valence-corrected chi connectivity index (χ0v) is 14.8. The van der Waals surface area contributed by atoms with Gasteiger partial charge in [0, 0.05) is 22.0 Å². The van der Waals surface area contributed by atoms with Gasteiger partial charge in [0.15, 0.2) is 0 Å². The van der Waals surface area contributed by atoms with Crippen LogP contribution in [0.15, 0.2) is 31.9 Å². The number of aryl methyl sites for hydroxylation is 3. The summed E-state index contributed by atoms with van der Waals surface area (Å²) in [6.45, 7) is 5.25. The lowest BCUT2D eigenvalue weighted by molar-refractivity contribution is 0.0470. The number of esters is 1. The second kappa shape index (κ2) is 6.72. The molecule has 0 aliphatic rings. The van der Waals surface area contributed by atoms with Gasteiger partial charge in [0.1, 0.15) is 23.5 Å². The summed E-state index contributed by atoms with van der Waals surface area (Å²) in [6, 6.07) is 4.67. The maximum Gasteiger partial charge on any atom is 0.344 e. The largest absolute Gasteiger partial charge is 0.457 e. The number of ether oxygens (including phenoxy) is 1. The van der Waals surface area contributed by atoms with Crippen molar-refractivity contribution < 1.29 is 18.5 Å². The van der Waals surface area contributed by atoms with Crippen LogP contribution in [0.5, 0.6) is 0 Å². The summed E-state index contributed by atoms with van der Waals surface area (Å²) in [4.78, 5) is 24.1. The van der Waals surface area contributed by atoms with Crippen molar-refractivity contribution in [2.24, 2.45) is 0 Å². The molecule has 0 radical (unpaired) electrons. The predicted octanol–water partition coefficient (Wildman–Crippen LogP) is 3.97. The van der Waals surface area contributed by atoms with Gasteiger partial charge in [0.2, 0.25) is 0 Å². The van der Waals surface area contributed by atoms with Crippen LogP contribution in [0.2, 0.25) is 5.02 Å². The van der Waals surface area contributed by atoms with Crippen LogP contribution >= 0.6 is 11.6 Å². The Morgan fingerprint density at radius 1 is 1.28 bits per heavy atom. The van der Waals surface area contributed by atoms with Crippen LogP contribution in [-0.2, 0) is 17.8 Å². The van der Waals surface area contributed by atoms with E-state index in [2.05, 4.69) is 5.16 Å². The van der Waals surface area contributed by atoms with E-state index in [0.717, 1.165) is 5.56 Å². The Morgan fingerprint density at radius 3 is 2.76 bits per heavy atom. The van der Waals surface area contributed by atoms with E-state index in [-0.39, 0.29) is 6.61 Å². The van der Waals surface area contributed by atoms with Crippen LogP contribution in [0, 0.1) is 13.8 Å². The number of fused-ring (bicyclic) bond motifs is 1. The van der Waals surface area contributed by atoms with Crippen molar-refractivity contribution in [2.75, 3.05) is 0 Å². The molecular formula is C18H16ClNO5. The SMILES string of the molecule is CCc1noc(C)c1C(=O)OCc1cc(=O)oc2cc(C)c(Cl)cc12. The predicted molar refractivity (Wildman–Crippen MR) is 92.0 cm³/mol. The number of nitrogens with zero attached hydrogens (tertiary/aromatic N) is 1. The van der Waals surface area contributed by atoms with Crippen molar-refractivity contribution in [2.45, 2.75) is 33.8 Å². The third-order valence-corrected chi connectivity index (χ3v) is 4.35. The molecule has 1 aromatic carbocycles. The highest BCUT2D eigenvalue weighted by Gasteiger charge is 2.21. The van der Waals surface area contributed by atoms with Crippen LogP contribution in [0.25, 0.3) is 11.0 Å². The molecule has 0 amide bonds. The van der Waals surface area contributed by atoms with Gasteiger partial charge in [0.25, 0.3) is 0 Å². The minimum atomic E-state index is -0.546. The maximum atomic E-state index is 12.4. The van der Waals surface area contributed by atoms with Gasteiger partial charge in [-0.15, -0.1) is 0 Å². The van der Waals surface area contributed by atoms with Gasteiger partial charge in [-0.25, -0.2) is 9.59 Å². The molecule has 0 N–H and O–H groups in total. The molecule has 2 aromatic heterocycles. The molecule has 0 aliphatic heterocycles. The summed E-state index contributed by atoms with van der Waals surface area (Å²) in [7, 11) is 0. The summed E-state index contributed by atoms with van der Waals surface area (Å²) in [6.07, 6.45) is 0.550. The second-order valence-corrected chi connectivity index (χ2v) is 6.09. The second-order valence-electron chi connectivity index (χ2n) is 5.68. The first-order chi connectivity index (χ1) is 11.9. The van der Waals surface area contributed by atoms with Gasteiger partial charge in [-0.1, -0.05) is 23.7 Å². The molecule has 0 bridgehead atoms. The zero-order chi connectivity index (χ0) is 18.1. The first-order valence-corrected chi connectivity index (χ1v) is 8.13. The molecule has 0 saturated heterocycles. The molecule has 3 aromatic rings. The molecule has 3 rings (SSSR count). The lowest BCUT2D eigenvalue weighted by Gasteiger charge is -2.08. The molecule has 0 spiro atoms. The van der Waals surface area contributed by atoms with Gasteiger partial charge in [-0.2, -0.15) is 0 Å². The van der Waals surface area contributed by atoms with E-state index in [4.69, 9.17) is 25.3 Å². The Bertz CT molecular complexity index is 1020. The molecular weight excluding hydrogens is 346 g/mol. The highest BCUT2D eigenvalue weighted by Crippen LogP contribution is 2.26. The topological polar surface area (TPSA) is 82.5 Å². The minimum Gasteiger partial charge on any atom is -0.457 e. The van der Waals surface area contributed by atoms with Crippen molar-refractivity contribution in [1.82, 2.24) is 5.16 Å². The fourth-order valence-electron chi connectivity index (χ4n) is 2.60. The van der Waals surface area contributed by atoms with Crippen LogP contribution in [0.4, 0.5) is 0 Å². The van der Waals surface area contributed by atoms with Crippen molar-refractivity contribution in [1.29, 1.82) is 0 Å². The Morgan fingerprint density at radius 2 is 2.04 bits per heavy atom. The number of halogens is 1. The number of hydrogen-bond donors (Lipinski definition) is 0. The van der Waals surface area contributed by atoms with Gasteiger partial charge in [0.05, 0.1) is 5.69 Å².